The summed E-state index contributed by atoms with van der Waals surface area (Å²) >= 11 is 0. The maximum Gasteiger partial charge on any atom is 0.250 e. The lowest BCUT2D eigenvalue weighted by molar-refractivity contribution is -0.158. The lowest BCUT2D eigenvalue weighted by atomic mass is 9.64. The average molecular weight is 613 g/mol. The van der Waals surface area contributed by atoms with Gasteiger partial charge in [0, 0.05) is 20.1 Å². The van der Waals surface area contributed by atoms with Gasteiger partial charge in [-0.25, -0.2) is 4.68 Å². The minimum atomic E-state index is -1.26. The highest BCUT2D eigenvalue weighted by Gasteiger charge is 2.79. The van der Waals surface area contributed by atoms with E-state index in [1.807, 2.05) is 61.5 Å². The topological polar surface area (TPSA) is 121 Å². The summed E-state index contributed by atoms with van der Waals surface area (Å²) in [5, 5.41) is 19.3. The molecule has 0 saturated carbocycles. The number of nitrogens with zero attached hydrogens (tertiary/aromatic N) is 6. The van der Waals surface area contributed by atoms with Crippen molar-refractivity contribution < 1.29 is 24.2 Å². The van der Waals surface area contributed by atoms with Gasteiger partial charge in [0.05, 0.1) is 35.6 Å². The highest BCUT2D eigenvalue weighted by molar-refractivity contribution is 5.99. The van der Waals surface area contributed by atoms with Gasteiger partial charge in [-0.3, -0.25) is 14.4 Å². The van der Waals surface area contributed by atoms with Crippen LogP contribution >= 0.6 is 0 Å². The molecule has 0 radical (unpaired) electrons. The number of aliphatic hydroxyl groups is 1. The van der Waals surface area contributed by atoms with Crippen LogP contribution in [0.3, 0.4) is 0 Å². The molecule has 3 saturated heterocycles. The summed E-state index contributed by atoms with van der Waals surface area (Å²) in [6.07, 6.45) is 4.76. The van der Waals surface area contributed by atoms with E-state index in [1.165, 1.54) is 4.90 Å². The molecule has 3 aliphatic heterocycles. The molecule has 11 heteroatoms. The van der Waals surface area contributed by atoms with Crippen molar-refractivity contribution in [2.24, 2.45) is 11.8 Å². The Balaban J connectivity index is 1.48. The van der Waals surface area contributed by atoms with Gasteiger partial charge in [-0.2, -0.15) is 0 Å². The van der Waals surface area contributed by atoms with Crippen LogP contribution in [0.15, 0.2) is 79.9 Å². The summed E-state index contributed by atoms with van der Waals surface area (Å²) < 4.78 is 8.60. The molecule has 1 spiro atoms. The number of carbonyl (C=O) groups excluding carboxylic acids is 3. The summed E-state index contributed by atoms with van der Waals surface area (Å²) in [6, 6.07) is 14.7. The molecule has 45 heavy (non-hydrogen) atoms. The fraction of sp³-hybridized carbons (Fsp3) is 0.441. The Labute approximate surface area is 262 Å². The van der Waals surface area contributed by atoms with Gasteiger partial charge in [-0.1, -0.05) is 66.8 Å². The van der Waals surface area contributed by atoms with E-state index in [9.17, 15) is 19.5 Å². The van der Waals surface area contributed by atoms with Crippen LogP contribution in [-0.2, 0) is 25.8 Å². The first kappa shape index (κ1) is 30.7. The van der Waals surface area contributed by atoms with Crippen molar-refractivity contribution in [3.63, 3.8) is 0 Å². The van der Waals surface area contributed by atoms with Crippen LogP contribution in [0, 0.1) is 11.8 Å². The normalized spacial score (nSPS) is 27.4. The summed E-state index contributed by atoms with van der Waals surface area (Å²) in [5.41, 5.74) is -0.00915. The Hall–Kier alpha value is -4.35. The lowest BCUT2D eigenvalue weighted by Crippen LogP contribution is -2.57. The molecule has 1 aromatic heterocycles. The SMILES string of the molecule is C=CCN(C)C(=O)[C@H]1[C@H]2C(=O)N([C@H](CO)c3ccccc3)C(C(=O)N(CC=C)Cn3nnc4ccccc43)C23CC[C@]1(CC)O3. The van der Waals surface area contributed by atoms with Gasteiger partial charge < -0.3 is 24.5 Å². The van der Waals surface area contributed by atoms with Crippen LogP contribution in [0.5, 0.6) is 0 Å². The second-order valence-electron chi connectivity index (χ2n) is 12.3. The molecule has 1 N–H and O–H groups in total. The van der Waals surface area contributed by atoms with Crippen LogP contribution in [0.2, 0.25) is 0 Å². The first-order chi connectivity index (χ1) is 21.8. The highest BCUT2D eigenvalue weighted by Crippen LogP contribution is 2.65. The van der Waals surface area contributed by atoms with Crippen molar-refractivity contribution in [3.8, 4) is 0 Å². The predicted octanol–water partition coefficient (Wildman–Crippen LogP) is 2.94. The van der Waals surface area contributed by atoms with E-state index in [2.05, 4.69) is 23.5 Å². The first-order valence-corrected chi connectivity index (χ1v) is 15.5. The quantitative estimate of drug-likeness (QED) is 0.312. The third kappa shape index (κ3) is 4.67. The van der Waals surface area contributed by atoms with E-state index in [4.69, 9.17) is 4.74 Å². The first-order valence-electron chi connectivity index (χ1n) is 15.5. The Morgan fingerprint density at radius 2 is 1.80 bits per heavy atom. The molecule has 11 nitrogen and oxygen atoms in total. The van der Waals surface area contributed by atoms with Crippen LogP contribution in [0.25, 0.3) is 11.0 Å². The molecule has 236 valence electrons. The summed E-state index contributed by atoms with van der Waals surface area (Å²) in [5.74, 6) is -2.60. The fourth-order valence-corrected chi connectivity index (χ4v) is 7.93. The van der Waals surface area contributed by atoms with E-state index in [0.29, 0.717) is 36.9 Å². The lowest BCUT2D eigenvalue weighted by Gasteiger charge is -2.39. The van der Waals surface area contributed by atoms with E-state index in [-0.39, 0.29) is 30.9 Å². The van der Waals surface area contributed by atoms with Crippen molar-refractivity contribution in [1.82, 2.24) is 29.7 Å². The second kappa shape index (κ2) is 11.9. The molecule has 3 fully saturated rings. The van der Waals surface area contributed by atoms with Crippen LogP contribution in [0.1, 0.15) is 37.8 Å². The molecule has 6 rings (SSSR count). The smallest absolute Gasteiger partial charge is 0.250 e. The van der Waals surface area contributed by atoms with Gasteiger partial charge in [0.1, 0.15) is 23.8 Å². The van der Waals surface area contributed by atoms with Gasteiger partial charge in [0.2, 0.25) is 17.7 Å². The molecule has 2 bridgehead atoms. The Kier molecular flexibility index (Phi) is 8.09. The number of aromatic nitrogens is 3. The zero-order chi connectivity index (χ0) is 31.9. The molecule has 6 atom stereocenters. The van der Waals surface area contributed by atoms with Crippen molar-refractivity contribution in [1.29, 1.82) is 0 Å². The number of likely N-dealkylation sites (N-methyl/N-ethyl adjacent to an activating group) is 1. The fourth-order valence-electron chi connectivity index (χ4n) is 7.93. The minimum Gasteiger partial charge on any atom is -0.394 e. The second-order valence-corrected chi connectivity index (χ2v) is 12.3. The van der Waals surface area contributed by atoms with Gasteiger partial charge in [-0.05, 0) is 37.0 Å². The Morgan fingerprint density at radius 1 is 1.09 bits per heavy atom. The maximum absolute atomic E-state index is 15.0. The zero-order valence-electron chi connectivity index (χ0n) is 25.8. The number of para-hydroxylation sites is 1. The van der Waals surface area contributed by atoms with Gasteiger partial charge in [0.15, 0.2) is 0 Å². The third-order valence-corrected chi connectivity index (χ3v) is 9.98. The number of carbonyl (C=O) groups is 3. The molecule has 2 unspecified atom stereocenters. The summed E-state index contributed by atoms with van der Waals surface area (Å²) in [6.45, 7) is 9.77. The Morgan fingerprint density at radius 3 is 2.49 bits per heavy atom. The highest BCUT2D eigenvalue weighted by atomic mass is 16.5. The van der Waals surface area contributed by atoms with Crippen LogP contribution < -0.4 is 0 Å². The van der Waals surface area contributed by atoms with Crippen molar-refractivity contribution in [2.75, 3.05) is 26.7 Å². The molecule has 2 aromatic carbocycles. The average Bonchev–Trinajstić information content (AvgIpc) is 3.79. The largest absolute Gasteiger partial charge is 0.394 e. The predicted molar refractivity (Wildman–Crippen MR) is 167 cm³/mol. The molecule has 3 amide bonds. The van der Waals surface area contributed by atoms with E-state index >= 15 is 0 Å². The van der Waals surface area contributed by atoms with Crippen LogP contribution in [-0.4, -0.2) is 96.5 Å². The number of benzene rings is 2. The van der Waals surface area contributed by atoms with E-state index < -0.39 is 41.7 Å². The monoisotopic (exact) mass is 612 g/mol. The molecule has 3 aliphatic rings. The van der Waals surface area contributed by atoms with Gasteiger partial charge in [0.25, 0.3) is 0 Å². The number of rotatable bonds is 12. The zero-order valence-corrected chi connectivity index (χ0v) is 25.8. The molecular weight excluding hydrogens is 572 g/mol. The molecular formula is C34H40N6O5. The van der Waals surface area contributed by atoms with Gasteiger partial charge >= 0.3 is 0 Å². The van der Waals surface area contributed by atoms with Crippen molar-refractivity contribution >= 4 is 28.8 Å². The van der Waals surface area contributed by atoms with Gasteiger partial charge in [-0.15, -0.1) is 18.3 Å². The number of likely N-dealkylation sites (tertiary alicyclic amines) is 1. The number of hydrogen-bond donors (Lipinski definition) is 1. The van der Waals surface area contributed by atoms with E-state index in [0.717, 1.165) is 5.52 Å². The van der Waals surface area contributed by atoms with Crippen molar-refractivity contribution in [2.45, 2.75) is 56.1 Å². The minimum absolute atomic E-state index is 0.0587. The maximum atomic E-state index is 15.0. The Bertz CT molecular complexity index is 1630. The number of fused-ring (bicyclic) bond motifs is 2. The molecule has 4 heterocycles. The van der Waals surface area contributed by atoms with Crippen LogP contribution in [0.4, 0.5) is 0 Å². The standard InChI is InChI=1S/C34H40N6O5/c1-5-19-37(4)30(42)27-28-31(43)40(26(21-41)23-13-9-8-10-14-23)29(34(28)18-17-33(27,7-3)45-34)32(44)38(20-6-2)22-39-25-16-12-11-15-24(25)35-36-39/h5-6,8-16,26-29,41H,1-2,7,17-22H2,3-4H3/t26-,27-,28+,29?,33+,34?/m1/s1. The number of ether oxygens (including phenoxy) is 1. The van der Waals surface area contributed by atoms with E-state index in [1.54, 1.807) is 33.7 Å². The number of hydrogen-bond acceptors (Lipinski definition) is 7. The van der Waals surface area contributed by atoms with Crippen molar-refractivity contribution in [3.05, 3.63) is 85.5 Å². The molecule has 3 aromatic rings. The molecule has 0 aliphatic carbocycles. The number of aliphatic hydroxyl groups excluding tert-OH is 1. The number of amides is 3. The summed E-state index contributed by atoms with van der Waals surface area (Å²) in [7, 11) is 1.70. The summed E-state index contributed by atoms with van der Waals surface area (Å²) in [4.78, 5) is 48.5. The third-order valence-electron chi connectivity index (χ3n) is 9.98.